The maximum atomic E-state index is 14.8. The molecular formula is C20H20F4N4O6S. The first-order valence-corrected chi connectivity index (χ1v) is 11.3. The molecule has 0 aromatic heterocycles. The Morgan fingerprint density at radius 2 is 1.94 bits per heavy atom. The van der Waals surface area contributed by atoms with Crippen LogP contribution in [0, 0.1) is 5.82 Å². The van der Waals surface area contributed by atoms with Gasteiger partial charge in [-0.1, -0.05) is 12.1 Å². The van der Waals surface area contributed by atoms with E-state index in [1.807, 2.05) is 9.44 Å². The molecule has 0 atom stereocenters. The average Bonchev–Trinajstić information content (AvgIpc) is 2.75. The van der Waals surface area contributed by atoms with Crippen LogP contribution in [0.2, 0.25) is 0 Å². The monoisotopic (exact) mass is 520 g/mol. The van der Waals surface area contributed by atoms with E-state index >= 15 is 0 Å². The standard InChI is InChI=1S/C20H20F4N4O6S/c1-25-35(31,32)26-14-6-4-5-11(17(14)21)9-28-10-12-7-13(20(22,23)24)16(34-18(29)27(2)3)8-15(12)33-19(28)30/h4-8,25-26H,9-10H2,1-3H3. The summed E-state index contributed by atoms with van der Waals surface area (Å²) in [5, 5.41) is 0. The fourth-order valence-electron chi connectivity index (χ4n) is 3.05. The van der Waals surface area contributed by atoms with Crippen LogP contribution in [0.5, 0.6) is 11.5 Å². The Bertz CT molecular complexity index is 1270. The molecule has 0 fully saturated rings. The van der Waals surface area contributed by atoms with Crippen LogP contribution < -0.4 is 18.9 Å². The molecule has 190 valence electrons. The van der Waals surface area contributed by atoms with E-state index < -0.39 is 57.9 Å². The second-order valence-corrected chi connectivity index (χ2v) is 9.15. The first kappa shape index (κ1) is 26.0. The lowest BCUT2D eigenvalue weighted by Gasteiger charge is -2.29. The number of alkyl halides is 3. The third-order valence-electron chi connectivity index (χ3n) is 4.80. The summed E-state index contributed by atoms with van der Waals surface area (Å²) >= 11 is 0. The number of hydrogen-bond donors (Lipinski definition) is 2. The van der Waals surface area contributed by atoms with Gasteiger partial charge in [-0.3, -0.25) is 9.62 Å². The lowest BCUT2D eigenvalue weighted by atomic mass is 10.1. The number of carbonyl (C=O) groups is 2. The number of fused-ring (bicyclic) bond motifs is 1. The summed E-state index contributed by atoms with van der Waals surface area (Å²) in [4.78, 5) is 26.1. The third kappa shape index (κ3) is 5.92. The van der Waals surface area contributed by atoms with Gasteiger partial charge in [0.25, 0.3) is 10.2 Å². The van der Waals surface area contributed by atoms with E-state index in [0.29, 0.717) is 6.07 Å². The Hall–Kier alpha value is -3.59. The number of anilines is 1. The van der Waals surface area contributed by atoms with Gasteiger partial charge in [-0.05, 0) is 12.1 Å². The second-order valence-electron chi connectivity index (χ2n) is 7.53. The number of nitrogens with one attached hydrogen (secondary N) is 2. The number of hydrogen-bond acceptors (Lipinski definition) is 6. The van der Waals surface area contributed by atoms with Gasteiger partial charge < -0.3 is 14.4 Å². The lowest BCUT2D eigenvalue weighted by molar-refractivity contribution is -0.138. The minimum atomic E-state index is -4.89. The SMILES string of the molecule is CNS(=O)(=O)Nc1cccc(CN2Cc3cc(C(F)(F)F)c(OC(=O)N(C)C)cc3OC2=O)c1F. The van der Waals surface area contributed by atoms with Gasteiger partial charge in [0.1, 0.15) is 11.5 Å². The molecule has 0 saturated heterocycles. The minimum absolute atomic E-state index is 0.0611. The van der Waals surface area contributed by atoms with Crippen LogP contribution in [0.3, 0.4) is 0 Å². The van der Waals surface area contributed by atoms with Crippen molar-refractivity contribution in [2.45, 2.75) is 19.3 Å². The maximum absolute atomic E-state index is 14.8. The van der Waals surface area contributed by atoms with Crippen molar-refractivity contribution < 1.29 is 45.0 Å². The number of nitrogens with zero attached hydrogens (tertiary/aromatic N) is 2. The summed E-state index contributed by atoms with van der Waals surface area (Å²) in [6.45, 7) is -0.816. The Labute approximate surface area is 197 Å². The van der Waals surface area contributed by atoms with E-state index in [0.717, 1.165) is 29.0 Å². The molecule has 2 N–H and O–H groups in total. The first-order valence-electron chi connectivity index (χ1n) is 9.80. The molecule has 2 amide bonds. The van der Waals surface area contributed by atoms with Crippen molar-refractivity contribution in [1.29, 1.82) is 0 Å². The highest BCUT2D eigenvalue weighted by Crippen LogP contribution is 2.42. The van der Waals surface area contributed by atoms with Crippen LogP contribution in [0.4, 0.5) is 32.8 Å². The van der Waals surface area contributed by atoms with Gasteiger partial charge in [0.2, 0.25) is 0 Å². The number of amides is 2. The molecule has 1 heterocycles. The molecule has 1 aliphatic rings. The van der Waals surface area contributed by atoms with Crippen molar-refractivity contribution in [3.63, 3.8) is 0 Å². The van der Waals surface area contributed by atoms with Gasteiger partial charge in [-0.25, -0.2) is 18.7 Å². The molecule has 1 aliphatic heterocycles. The highest BCUT2D eigenvalue weighted by atomic mass is 32.2. The summed E-state index contributed by atoms with van der Waals surface area (Å²) in [5.74, 6) is -2.07. The summed E-state index contributed by atoms with van der Waals surface area (Å²) in [6, 6.07) is 5.25. The van der Waals surface area contributed by atoms with E-state index in [-0.39, 0.29) is 23.4 Å². The molecule has 10 nitrogen and oxygen atoms in total. The molecule has 0 bridgehead atoms. The van der Waals surface area contributed by atoms with Crippen molar-refractivity contribution in [2.24, 2.45) is 0 Å². The predicted molar refractivity (Wildman–Crippen MR) is 114 cm³/mol. The summed E-state index contributed by atoms with van der Waals surface area (Å²) < 4.78 is 92.8. The van der Waals surface area contributed by atoms with Crippen LogP contribution in [0.25, 0.3) is 0 Å². The lowest BCUT2D eigenvalue weighted by Crippen LogP contribution is -2.37. The third-order valence-corrected chi connectivity index (χ3v) is 5.83. The molecular weight excluding hydrogens is 500 g/mol. The highest BCUT2D eigenvalue weighted by Gasteiger charge is 2.38. The molecule has 2 aromatic rings. The van der Waals surface area contributed by atoms with Gasteiger partial charge in [0.05, 0.1) is 24.3 Å². The largest absolute Gasteiger partial charge is 0.420 e. The summed E-state index contributed by atoms with van der Waals surface area (Å²) in [6.07, 6.45) is -6.96. The van der Waals surface area contributed by atoms with Crippen molar-refractivity contribution >= 4 is 28.1 Å². The van der Waals surface area contributed by atoms with E-state index in [4.69, 9.17) is 9.47 Å². The summed E-state index contributed by atoms with van der Waals surface area (Å²) in [7, 11) is -0.342. The number of ether oxygens (including phenoxy) is 2. The first-order chi connectivity index (χ1) is 16.2. The Balaban J connectivity index is 1.92. The number of rotatable bonds is 6. The van der Waals surface area contributed by atoms with Crippen LogP contribution in [-0.4, -0.2) is 51.5 Å². The number of carbonyl (C=O) groups excluding carboxylic acids is 2. The van der Waals surface area contributed by atoms with Crippen molar-refractivity contribution in [3.05, 3.63) is 52.8 Å². The smallest absolute Gasteiger partial charge is 0.410 e. The van der Waals surface area contributed by atoms with Gasteiger partial charge in [0.15, 0.2) is 5.82 Å². The van der Waals surface area contributed by atoms with Crippen LogP contribution in [0.15, 0.2) is 30.3 Å². The van der Waals surface area contributed by atoms with Crippen LogP contribution in [0.1, 0.15) is 16.7 Å². The normalized spacial score (nSPS) is 13.7. The van der Waals surface area contributed by atoms with Crippen molar-refractivity contribution in [1.82, 2.24) is 14.5 Å². The van der Waals surface area contributed by atoms with Gasteiger partial charge in [0, 0.05) is 38.3 Å². The Morgan fingerprint density at radius 3 is 2.54 bits per heavy atom. The molecule has 3 rings (SSSR count). The zero-order valence-corrected chi connectivity index (χ0v) is 19.4. The van der Waals surface area contributed by atoms with E-state index in [9.17, 15) is 35.6 Å². The van der Waals surface area contributed by atoms with Gasteiger partial charge in [-0.15, -0.1) is 0 Å². The van der Waals surface area contributed by atoms with Crippen molar-refractivity contribution in [2.75, 3.05) is 25.9 Å². The van der Waals surface area contributed by atoms with E-state index in [1.165, 1.54) is 26.2 Å². The van der Waals surface area contributed by atoms with E-state index in [1.54, 1.807) is 0 Å². The number of halogens is 4. The molecule has 0 radical (unpaired) electrons. The zero-order valence-electron chi connectivity index (χ0n) is 18.6. The molecule has 0 unspecified atom stereocenters. The second kappa shape index (κ2) is 9.58. The molecule has 35 heavy (non-hydrogen) atoms. The zero-order chi connectivity index (χ0) is 26.1. The van der Waals surface area contributed by atoms with Gasteiger partial charge >= 0.3 is 18.4 Å². The number of benzene rings is 2. The molecule has 0 saturated carbocycles. The minimum Gasteiger partial charge on any atom is -0.410 e. The topological polar surface area (TPSA) is 117 Å². The fraction of sp³-hybridized carbons (Fsp3) is 0.300. The molecule has 0 spiro atoms. The van der Waals surface area contributed by atoms with Crippen LogP contribution in [-0.2, 0) is 29.5 Å². The predicted octanol–water partition coefficient (Wildman–Crippen LogP) is 3.30. The van der Waals surface area contributed by atoms with Gasteiger partial charge in [-0.2, -0.15) is 21.6 Å². The summed E-state index contributed by atoms with van der Waals surface area (Å²) in [5.41, 5.74) is -1.84. The molecule has 0 aliphatic carbocycles. The molecule has 2 aromatic carbocycles. The highest BCUT2D eigenvalue weighted by molar-refractivity contribution is 7.90. The quantitative estimate of drug-likeness (QED) is 0.565. The van der Waals surface area contributed by atoms with E-state index in [2.05, 4.69) is 0 Å². The fourth-order valence-corrected chi connectivity index (χ4v) is 3.60. The average molecular weight is 520 g/mol. The maximum Gasteiger partial charge on any atom is 0.420 e. The Kier molecular flexibility index (Phi) is 7.12. The Morgan fingerprint density at radius 1 is 1.26 bits per heavy atom. The molecule has 15 heteroatoms. The van der Waals surface area contributed by atoms with Crippen LogP contribution >= 0.6 is 0 Å². The van der Waals surface area contributed by atoms with Crippen molar-refractivity contribution in [3.8, 4) is 11.5 Å².